The number of Topliss-reactive ketones (excluding diaryl/α,β-unsaturated/α-hetero) is 2. The van der Waals surface area contributed by atoms with Crippen LogP contribution in [0.4, 0.5) is 5.69 Å². The molecule has 2 amide bonds. The fraction of sp³-hybridized carbons (Fsp3) is 0.462. The lowest BCUT2D eigenvalue weighted by molar-refractivity contribution is -0.153. The van der Waals surface area contributed by atoms with Gasteiger partial charge < -0.3 is 25.0 Å². The molecule has 0 aliphatic heterocycles. The molecule has 1 saturated carbocycles. The monoisotopic (exact) mass is 513 g/mol. The van der Waals surface area contributed by atoms with E-state index in [2.05, 4.69) is 0 Å². The molecule has 0 aromatic heterocycles. The maximum Gasteiger partial charge on any atom is 0.265 e. The highest BCUT2D eigenvalue weighted by atomic mass is 16.5. The van der Waals surface area contributed by atoms with Gasteiger partial charge >= 0.3 is 0 Å². The number of likely N-dealkylation sites (N-methyl/N-ethyl adjacent to an activating group) is 1. The standard InChI is InChI=1S/C26H31N3O8/c1-11(30)27-25(35)19-22(32)20(29(4)5)14-10-12-9-13-15(28(2)3)7-8-16(37-6)18(13)21(31)17(12)23(33)26(14,36)24(19)34/h7-8,12,14,20,31,34,36H,9-10H2,1-6H3,(H,27,30,35). The largest absolute Gasteiger partial charge is 0.508 e. The third-order valence-corrected chi connectivity index (χ3v) is 7.54. The predicted molar refractivity (Wildman–Crippen MR) is 133 cm³/mol. The third-order valence-electron chi connectivity index (χ3n) is 7.54. The highest BCUT2D eigenvalue weighted by Gasteiger charge is 2.64. The van der Waals surface area contributed by atoms with Crippen molar-refractivity contribution in [1.29, 1.82) is 0 Å². The Bertz CT molecular complexity index is 1290. The van der Waals surface area contributed by atoms with Crippen LogP contribution in [-0.4, -0.2) is 90.5 Å². The minimum Gasteiger partial charge on any atom is -0.508 e. The second kappa shape index (κ2) is 9.00. The minimum absolute atomic E-state index is 0.0609. The summed E-state index contributed by atoms with van der Waals surface area (Å²) in [5.74, 6) is -6.68. The van der Waals surface area contributed by atoms with Crippen molar-refractivity contribution < 1.29 is 39.2 Å². The van der Waals surface area contributed by atoms with Gasteiger partial charge in [0.1, 0.15) is 22.8 Å². The van der Waals surface area contributed by atoms with Gasteiger partial charge in [-0.05, 0) is 50.6 Å². The van der Waals surface area contributed by atoms with Crippen LogP contribution in [0, 0.1) is 11.8 Å². The Labute approximate surface area is 214 Å². The lowest BCUT2D eigenvalue weighted by Gasteiger charge is -2.50. The summed E-state index contributed by atoms with van der Waals surface area (Å²) in [4.78, 5) is 55.0. The Hall–Kier alpha value is -3.70. The smallest absolute Gasteiger partial charge is 0.265 e. The summed E-state index contributed by atoms with van der Waals surface area (Å²) < 4.78 is 5.45. The summed E-state index contributed by atoms with van der Waals surface area (Å²) in [5, 5.41) is 36.2. The van der Waals surface area contributed by atoms with Crippen LogP contribution in [0.5, 0.6) is 5.75 Å². The quantitative estimate of drug-likeness (QED) is 0.418. The van der Waals surface area contributed by atoms with Crippen molar-refractivity contribution in [3.05, 3.63) is 40.2 Å². The Morgan fingerprint density at radius 1 is 1.14 bits per heavy atom. The average Bonchev–Trinajstić information content (AvgIpc) is 2.80. The molecule has 198 valence electrons. The van der Waals surface area contributed by atoms with E-state index in [1.54, 1.807) is 20.2 Å². The molecule has 0 radical (unpaired) electrons. The van der Waals surface area contributed by atoms with E-state index in [0.29, 0.717) is 17.7 Å². The first kappa shape index (κ1) is 26.4. The van der Waals surface area contributed by atoms with E-state index in [1.165, 1.54) is 12.0 Å². The Kier molecular flexibility index (Phi) is 6.41. The van der Waals surface area contributed by atoms with E-state index in [-0.39, 0.29) is 17.8 Å². The molecular weight excluding hydrogens is 482 g/mol. The van der Waals surface area contributed by atoms with Crippen molar-refractivity contribution in [1.82, 2.24) is 10.2 Å². The van der Waals surface area contributed by atoms with Gasteiger partial charge in [0.2, 0.25) is 11.7 Å². The van der Waals surface area contributed by atoms with Gasteiger partial charge in [-0.2, -0.15) is 0 Å². The van der Waals surface area contributed by atoms with Gasteiger partial charge in [0.05, 0.1) is 18.7 Å². The minimum atomic E-state index is -2.67. The SMILES string of the molecule is COc1ccc(N(C)C)c2c1C(O)=C1C(=O)C3(O)C(O)=C(C(=O)NC(C)=O)C(=O)C(N(C)C)C3CC1C2. The van der Waals surface area contributed by atoms with Gasteiger partial charge in [0.25, 0.3) is 5.91 Å². The molecule has 1 fully saturated rings. The number of ether oxygens (including phenoxy) is 1. The van der Waals surface area contributed by atoms with Crippen LogP contribution in [0.1, 0.15) is 24.5 Å². The first-order valence-corrected chi connectivity index (χ1v) is 11.8. The van der Waals surface area contributed by atoms with Crippen LogP contribution in [0.2, 0.25) is 0 Å². The van der Waals surface area contributed by atoms with Crippen molar-refractivity contribution in [2.75, 3.05) is 40.2 Å². The number of carbonyl (C=O) groups excluding carboxylic acids is 4. The number of fused-ring (bicyclic) bond motifs is 3. The number of rotatable bonds is 4. The number of imide groups is 1. The molecule has 3 aliphatic rings. The zero-order valence-electron chi connectivity index (χ0n) is 21.6. The summed E-state index contributed by atoms with van der Waals surface area (Å²) in [6, 6.07) is 2.36. The molecule has 4 rings (SSSR count). The van der Waals surface area contributed by atoms with Crippen molar-refractivity contribution in [2.24, 2.45) is 11.8 Å². The fourth-order valence-corrected chi connectivity index (χ4v) is 6.01. The Morgan fingerprint density at radius 2 is 1.78 bits per heavy atom. The molecule has 1 aromatic carbocycles. The van der Waals surface area contributed by atoms with E-state index in [0.717, 1.165) is 18.2 Å². The number of nitrogens with one attached hydrogen (secondary N) is 1. The molecule has 4 atom stereocenters. The second-order valence-electron chi connectivity index (χ2n) is 10.1. The number of aliphatic hydroxyl groups excluding tert-OH is 2. The zero-order chi connectivity index (χ0) is 27.6. The molecule has 0 saturated heterocycles. The fourth-order valence-electron chi connectivity index (χ4n) is 6.01. The number of hydrogen-bond acceptors (Lipinski definition) is 10. The molecule has 11 heteroatoms. The molecule has 1 aromatic rings. The molecular formula is C26H31N3O8. The summed E-state index contributed by atoms with van der Waals surface area (Å²) in [5.41, 5.74) is -1.77. The highest BCUT2D eigenvalue weighted by molar-refractivity contribution is 6.26. The summed E-state index contributed by atoms with van der Waals surface area (Å²) in [7, 11) is 8.25. The zero-order valence-corrected chi connectivity index (χ0v) is 21.6. The average molecular weight is 514 g/mol. The number of nitrogens with zero attached hydrogens (tertiary/aromatic N) is 2. The van der Waals surface area contributed by atoms with Crippen molar-refractivity contribution in [2.45, 2.75) is 31.4 Å². The van der Waals surface area contributed by atoms with Crippen LogP contribution in [-0.2, 0) is 25.6 Å². The molecule has 37 heavy (non-hydrogen) atoms. The first-order valence-electron chi connectivity index (χ1n) is 11.8. The van der Waals surface area contributed by atoms with Crippen LogP contribution < -0.4 is 15.0 Å². The van der Waals surface area contributed by atoms with Crippen molar-refractivity contribution >= 4 is 34.8 Å². The lowest BCUT2D eigenvalue weighted by Crippen LogP contribution is -2.66. The normalized spacial score (nSPS) is 27.0. The van der Waals surface area contributed by atoms with E-state index in [1.807, 2.05) is 30.4 Å². The number of ketones is 2. The maximum atomic E-state index is 14.0. The number of carbonyl (C=O) groups is 4. The Morgan fingerprint density at radius 3 is 2.32 bits per heavy atom. The second-order valence-corrected chi connectivity index (χ2v) is 10.1. The maximum absolute atomic E-state index is 14.0. The Balaban J connectivity index is 1.98. The molecule has 4 N–H and O–H groups in total. The topological polar surface area (TPSA) is 157 Å². The first-order chi connectivity index (χ1) is 17.3. The van der Waals surface area contributed by atoms with Gasteiger partial charge in [-0.15, -0.1) is 0 Å². The number of methoxy groups -OCH3 is 1. The van der Waals surface area contributed by atoms with E-state index >= 15 is 0 Å². The number of hydrogen-bond donors (Lipinski definition) is 4. The highest BCUT2D eigenvalue weighted by Crippen LogP contribution is 2.53. The van der Waals surface area contributed by atoms with Gasteiger partial charge in [-0.1, -0.05) is 0 Å². The van der Waals surface area contributed by atoms with Crippen LogP contribution in [0.25, 0.3) is 5.76 Å². The summed E-state index contributed by atoms with van der Waals surface area (Å²) in [6.07, 6.45) is 0.375. The van der Waals surface area contributed by atoms with Crippen LogP contribution in [0.15, 0.2) is 29.0 Å². The van der Waals surface area contributed by atoms with Crippen LogP contribution in [0.3, 0.4) is 0 Å². The van der Waals surface area contributed by atoms with Gasteiger partial charge in [0.15, 0.2) is 11.4 Å². The molecule has 11 nitrogen and oxygen atoms in total. The van der Waals surface area contributed by atoms with E-state index < -0.39 is 58.2 Å². The summed E-state index contributed by atoms with van der Waals surface area (Å²) >= 11 is 0. The molecule has 0 heterocycles. The van der Waals surface area contributed by atoms with Gasteiger partial charge in [-0.25, -0.2) is 0 Å². The van der Waals surface area contributed by atoms with E-state index in [9.17, 15) is 34.5 Å². The van der Waals surface area contributed by atoms with Crippen molar-refractivity contribution in [3.8, 4) is 5.75 Å². The molecule has 0 bridgehead atoms. The molecule has 0 spiro atoms. The number of aliphatic hydroxyl groups is 3. The predicted octanol–water partition coefficient (Wildman–Crippen LogP) is 0.510. The number of amides is 2. The van der Waals surface area contributed by atoms with Gasteiger partial charge in [0, 0.05) is 38.2 Å². The van der Waals surface area contributed by atoms with Gasteiger partial charge in [-0.3, -0.25) is 29.4 Å². The number of benzene rings is 1. The molecule has 3 aliphatic carbocycles. The van der Waals surface area contributed by atoms with Crippen molar-refractivity contribution in [3.63, 3.8) is 0 Å². The third kappa shape index (κ3) is 3.72. The molecule has 4 unspecified atom stereocenters. The lowest BCUT2D eigenvalue weighted by atomic mass is 9.57. The summed E-state index contributed by atoms with van der Waals surface area (Å²) in [6.45, 7) is 1.05. The van der Waals surface area contributed by atoms with E-state index in [4.69, 9.17) is 4.74 Å². The van der Waals surface area contributed by atoms with Crippen LogP contribution >= 0.6 is 0 Å². The number of anilines is 1.